The van der Waals surface area contributed by atoms with Crippen LogP contribution in [0.4, 0.5) is 0 Å². The average molecular weight is 269 g/mol. The van der Waals surface area contributed by atoms with Crippen molar-refractivity contribution in [3.05, 3.63) is 23.9 Å². The van der Waals surface area contributed by atoms with E-state index in [4.69, 9.17) is 5.73 Å². The van der Waals surface area contributed by atoms with Crippen molar-refractivity contribution in [1.82, 2.24) is 9.29 Å². The largest absolute Gasteiger partial charge is 0.326 e. The zero-order valence-electron chi connectivity index (χ0n) is 10.5. The Balaban J connectivity index is 2.23. The molecular weight excluding hydrogens is 250 g/mol. The Morgan fingerprint density at radius 3 is 2.83 bits per heavy atom. The Hall–Kier alpha value is -0.980. The number of aromatic nitrogens is 1. The first-order valence-corrected chi connectivity index (χ1v) is 7.63. The molecule has 1 unspecified atom stereocenters. The van der Waals surface area contributed by atoms with Gasteiger partial charge < -0.3 is 5.73 Å². The molecule has 5 nitrogen and oxygen atoms in total. The molecule has 0 aromatic carbocycles. The van der Waals surface area contributed by atoms with E-state index in [1.165, 1.54) is 16.6 Å². The topological polar surface area (TPSA) is 76.3 Å². The molecule has 1 aliphatic heterocycles. The number of rotatable bonds is 3. The summed E-state index contributed by atoms with van der Waals surface area (Å²) in [4.78, 5) is 4.01. The molecule has 1 aromatic heterocycles. The summed E-state index contributed by atoms with van der Waals surface area (Å²) in [6.07, 6.45) is 3.53. The number of nitrogens with zero attached hydrogens (tertiary/aromatic N) is 2. The first kappa shape index (κ1) is 13.5. The monoisotopic (exact) mass is 269 g/mol. The van der Waals surface area contributed by atoms with E-state index in [1.807, 2.05) is 0 Å². The lowest BCUT2D eigenvalue weighted by molar-refractivity contribution is 0.280. The lowest BCUT2D eigenvalue weighted by Crippen LogP contribution is -2.39. The molecule has 1 atom stereocenters. The van der Waals surface area contributed by atoms with Crippen LogP contribution in [0.25, 0.3) is 0 Å². The van der Waals surface area contributed by atoms with E-state index in [0.717, 1.165) is 18.4 Å². The molecule has 6 heteroatoms. The third-order valence-corrected chi connectivity index (χ3v) is 5.04. The highest BCUT2D eigenvalue weighted by atomic mass is 32.2. The summed E-state index contributed by atoms with van der Waals surface area (Å²) in [5, 5.41) is 0.119. The SMILES string of the molecule is CC1CCCN(S(=O)(=O)c2ccc(CN)cn2)C1. The van der Waals surface area contributed by atoms with E-state index < -0.39 is 10.0 Å². The maximum Gasteiger partial charge on any atom is 0.260 e. The fourth-order valence-electron chi connectivity index (χ4n) is 2.18. The summed E-state index contributed by atoms with van der Waals surface area (Å²) in [7, 11) is -3.44. The quantitative estimate of drug-likeness (QED) is 0.886. The number of piperidine rings is 1. The zero-order chi connectivity index (χ0) is 13.2. The molecule has 2 rings (SSSR count). The molecule has 1 aromatic rings. The molecule has 0 saturated carbocycles. The zero-order valence-corrected chi connectivity index (χ0v) is 11.4. The second-order valence-corrected chi connectivity index (χ2v) is 6.70. The predicted molar refractivity (Wildman–Crippen MR) is 69.3 cm³/mol. The minimum atomic E-state index is -3.44. The minimum Gasteiger partial charge on any atom is -0.326 e. The van der Waals surface area contributed by atoms with Crippen molar-refractivity contribution >= 4 is 10.0 Å². The van der Waals surface area contributed by atoms with Crippen molar-refractivity contribution in [2.24, 2.45) is 11.7 Å². The highest BCUT2D eigenvalue weighted by molar-refractivity contribution is 7.89. The van der Waals surface area contributed by atoms with Crippen LogP contribution in [0.5, 0.6) is 0 Å². The van der Waals surface area contributed by atoms with Crippen LogP contribution in [-0.2, 0) is 16.6 Å². The summed E-state index contributed by atoms with van der Waals surface area (Å²) in [5.74, 6) is 0.414. The van der Waals surface area contributed by atoms with Gasteiger partial charge in [0, 0.05) is 25.8 Å². The molecule has 100 valence electrons. The van der Waals surface area contributed by atoms with Gasteiger partial charge in [0.2, 0.25) is 0 Å². The third kappa shape index (κ3) is 2.71. The van der Waals surface area contributed by atoms with E-state index >= 15 is 0 Å². The van der Waals surface area contributed by atoms with Crippen molar-refractivity contribution in [2.75, 3.05) is 13.1 Å². The number of hydrogen-bond acceptors (Lipinski definition) is 4. The Labute approximate surface area is 108 Å². The van der Waals surface area contributed by atoms with Crippen molar-refractivity contribution in [1.29, 1.82) is 0 Å². The van der Waals surface area contributed by atoms with Crippen LogP contribution in [0, 0.1) is 5.92 Å². The van der Waals surface area contributed by atoms with Crippen LogP contribution < -0.4 is 5.73 Å². The van der Waals surface area contributed by atoms with Crippen LogP contribution in [-0.4, -0.2) is 30.8 Å². The number of pyridine rings is 1. The van der Waals surface area contributed by atoms with Crippen LogP contribution >= 0.6 is 0 Å². The maximum atomic E-state index is 12.4. The van der Waals surface area contributed by atoms with E-state index in [1.54, 1.807) is 6.07 Å². The summed E-state index contributed by atoms with van der Waals surface area (Å²) >= 11 is 0. The van der Waals surface area contributed by atoms with Gasteiger partial charge in [-0.25, -0.2) is 13.4 Å². The second-order valence-electron chi connectivity index (χ2n) is 4.82. The first-order chi connectivity index (χ1) is 8.54. The van der Waals surface area contributed by atoms with Gasteiger partial charge in [-0.05, 0) is 30.4 Å². The summed E-state index contributed by atoms with van der Waals surface area (Å²) < 4.78 is 26.3. The normalized spacial score (nSPS) is 22.0. The molecule has 1 saturated heterocycles. The fraction of sp³-hybridized carbons (Fsp3) is 0.583. The molecule has 0 aliphatic carbocycles. The van der Waals surface area contributed by atoms with Gasteiger partial charge >= 0.3 is 0 Å². The van der Waals surface area contributed by atoms with Crippen LogP contribution in [0.15, 0.2) is 23.4 Å². The van der Waals surface area contributed by atoms with E-state index in [2.05, 4.69) is 11.9 Å². The summed E-state index contributed by atoms with van der Waals surface area (Å²) in [5.41, 5.74) is 6.30. The maximum absolute atomic E-state index is 12.4. The van der Waals surface area contributed by atoms with E-state index in [-0.39, 0.29) is 5.03 Å². The van der Waals surface area contributed by atoms with Gasteiger partial charge in [0.25, 0.3) is 10.0 Å². The Bertz CT molecular complexity index is 499. The van der Waals surface area contributed by atoms with Crippen molar-refractivity contribution < 1.29 is 8.42 Å². The molecule has 18 heavy (non-hydrogen) atoms. The minimum absolute atomic E-state index is 0.119. The molecule has 2 heterocycles. The third-order valence-electron chi connectivity index (χ3n) is 3.26. The standard InChI is InChI=1S/C12H19N3O2S/c1-10-3-2-6-15(9-10)18(16,17)12-5-4-11(7-13)8-14-12/h4-5,8,10H,2-3,6-7,9,13H2,1H3. The number of hydrogen-bond donors (Lipinski definition) is 1. The molecule has 1 aliphatic rings. The van der Waals surface area contributed by atoms with Crippen LogP contribution in [0.3, 0.4) is 0 Å². The molecule has 0 bridgehead atoms. The highest BCUT2D eigenvalue weighted by Gasteiger charge is 2.29. The first-order valence-electron chi connectivity index (χ1n) is 6.19. The number of sulfonamides is 1. The van der Waals surface area contributed by atoms with Gasteiger partial charge in [-0.15, -0.1) is 0 Å². The molecule has 0 spiro atoms. The number of nitrogens with two attached hydrogens (primary N) is 1. The molecule has 1 fully saturated rings. The average Bonchev–Trinajstić information content (AvgIpc) is 2.39. The lowest BCUT2D eigenvalue weighted by Gasteiger charge is -2.29. The predicted octanol–water partition coefficient (Wildman–Crippen LogP) is 0.961. The second kappa shape index (κ2) is 5.34. The highest BCUT2D eigenvalue weighted by Crippen LogP contribution is 2.22. The molecular formula is C12H19N3O2S. The molecule has 2 N–H and O–H groups in total. The smallest absolute Gasteiger partial charge is 0.260 e. The van der Waals surface area contributed by atoms with E-state index in [9.17, 15) is 8.42 Å². The van der Waals surface area contributed by atoms with Crippen molar-refractivity contribution in [2.45, 2.75) is 31.3 Å². The Kier molecular flexibility index (Phi) is 3.99. The van der Waals surface area contributed by atoms with Gasteiger partial charge in [0.15, 0.2) is 5.03 Å². The van der Waals surface area contributed by atoms with Gasteiger partial charge in [0.05, 0.1) is 0 Å². The van der Waals surface area contributed by atoms with Crippen molar-refractivity contribution in [3.63, 3.8) is 0 Å². The van der Waals surface area contributed by atoms with Gasteiger partial charge in [0.1, 0.15) is 0 Å². The molecule has 0 radical (unpaired) electrons. The van der Waals surface area contributed by atoms with Crippen molar-refractivity contribution in [3.8, 4) is 0 Å². The summed E-state index contributed by atoms with van der Waals surface area (Å²) in [6.45, 7) is 3.62. The van der Waals surface area contributed by atoms with Gasteiger partial charge in [-0.1, -0.05) is 13.0 Å². The lowest BCUT2D eigenvalue weighted by atomic mass is 10.0. The Morgan fingerprint density at radius 2 is 2.28 bits per heavy atom. The van der Waals surface area contributed by atoms with Crippen LogP contribution in [0.2, 0.25) is 0 Å². The van der Waals surface area contributed by atoms with Gasteiger partial charge in [-0.3, -0.25) is 0 Å². The summed E-state index contributed by atoms with van der Waals surface area (Å²) in [6, 6.07) is 3.25. The van der Waals surface area contributed by atoms with Crippen LogP contribution in [0.1, 0.15) is 25.3 Å². The Morgan fingerprint density at radius 1 is 1.50 bits per heavy atom. The van der Waals surface area contributed by atoms with E-state index in [0.29, 0.717) is 25.6 Å². The van der Waals surface area contributed by atoms with Gasteiger partial charge in [-0.2, -0.15) is 4.31 Å². The fourth-order valence-corrected chi connectivity index (χ4v) is 3.69. The molecule has 0 amide bonds.